The smallest absolute Gasteiger partial charge is 0.265 e. The van der Waals surface area contributed by atoms with E-state index in [4.69, 9.17) is 21.1 Å². The van der Waals surface area contributed by atoms with Crippen molar-refractivity contribution in [2.75, 3.05) is 31.6 Å². The lowest BCUT2D eigenvalue weighted by molar-refractivity contribution is -0.122. The molecule has 0 bridgehead atoms. The van der Waals surface area contributed by atoms with Crippen molar-refractivity contribution in [1.82, 2.24) is 4.90 Å². The minimum Gasteiger partial charge on any atom is -0.481 e. The molecule has 2 amide bonds. The number of hydrogen-bond acceptors (Lipinski definition) is 4. The number of nitrogens with zero attached hydrogens (tertiary/aromatic N) is 1. The molecule has 1 saturated heterocycles. The molecule has 1 fully saturated rings. The third kappa shape index (κ3) is 4.99. The first-order chi connectivity index (χ1) is 13.0. The summed E-state index contributed by atoms with van der Waals surface area (Å²) in [6, 6.07) is 13.8. The molecule has 2 aromatic carbocycles. The van der Waals surface area contributed by atoms with Crippen LogP contribution in [-0.2, 0) is 9.53 Å². The third-order valence-electron chi connectivity index (χ3n) is 4.19. The van der Waals surface area contributed by atoms with Crippen LogP contribution in [0, 0.1) is 0 Å². The summed E-state index contributed by atoms with van der Waals surface area (Å²) in [5, 5.41) is 3.32. The summed E-state index contributed by atoms with van der Waals surface area (Å²) < 4.78 is 10.9. The van der Waals surface area contributed by atoms with Crippen molar-refractivity contribution in [3.05, 3.63) is 59.1 Å². The minimum atomic E-state index is -0.755. The molecule has 6 nitrogen and oxygen atoms in total. The second-order valence-electron chi connectivity index (χ2n) is 6.16. The average molecular weight is 389 g/mol. The first-order valence-corrected chi connectivity index (χ1v) is 9.11. The van der Waals surface area contributed by atoms with E-state index in [1.807, 2.05) is 0 Å². The quantitative estimate of drug-likeness (QED) is 0.854. The van der Waals surface area contributed by atoms with Crippen LogP contribution in [0.25, 0.3) is 0 Å². The topological polar surface area (TPSA) is 67.9 Å². The maximum Gasteiger partial charge on any atom is 0.265 e. The Bertz CT molecular complexity index is 821. The van der Waals surface area contributed by atoms with Gasteiger partial charge in [-0.2, -0.15) is 0 Å². The predicted octanol–water partition coefficient (Wildman–Crippen LogP) is 3.22. The largest absolute Gasteiger partial charge is 0.481 e. The van der Waals surface area contributed by atoms with Crippen LogP contribution in [0.4, 0.5) is 5.69 Å². The molecule has 0 radical (unpaired) electrons. The van der Waals surface area contributed by atoms with Crippen LogP contribution in [0.15, 0.2) is 48.5 Å². The van der Waals surface area contributed by atoms with Gasteiger partial charge in [-0.3, -0.25) is 9.59 Å². The van der Waals surface area contributed by atoms with E-state index in [-0.39, 0.29) is 11.8 Å². The van der Waals surface area contributed by atoms with Crippen molar-refractivity contribution in [2.24, 2.45) is 0 Å². The van der Waals surface area contributed by atoms with Gasteiger partial charge in [0.15, 0.2) is 6.10 Å². The fourth-order valence-corrected chi connectivity index (χ4v) is 2.93. The normalized spacial score (nSPS) is 15.1. The number of carbonyl (C=O) groups excluding carboxylic acids is 2. The summed E-state index contributed by atoms with van der Waals surface area (Å²) in [7, 11) is 0. The maximum atomic E-state index is 12.8. The molecule has 142 valence electrons. The highest BCUT2D eigenvalue weighted by Gasteiger charge is 2.23. The second kappa shape index (κ2) is 8.88. The van der Waals surface area contributed by atoms with E-state index < -0.39 is 6.10 Å². The fraction of sp³-hybridized carbons (Fsp3) is 0.300. The second-order valence-corrected chi connectivity index (χ2v) is 6.59. The number of benzene rings is 2. The van der Waals surface area contributed by atoms with Gasteiger partial charge in [0, 0.05) is 18.1 Å². The van der Waals surface area contributed by atoms with Crippen LogP contribution in [-0.4, -0.2) is 49.1 Å². The Labute approximate surface area is 163 Å². The van der Waals surface area contributed by atoms with Crippen molar-refractivity contribution in [2.45, 2.75) is 13.0 Å². The molecular formula is C20H21ClN2O4. The number of halogens is 1. The monoisotopic (exact) mass is 388 g/mol. The van der Waals surface area contributed by atoms with Crippen LogP contribution in [0.3, 0.4) is 0 Å². The van der Waals surface area contributed by atoms with Gasteiger partial charge in [-0.15, -0.1) is 0 Å². The Kier molecular flexibility index (Phi) is 6.32. The summed E-state index contributed by atoms with van der Waals surface area (Å²) in [5.74, 6) is 0.0256. The summed E-state index contributed by atoms with van der Waals surface area (Å²) in [6.45, 7) is 3.75. The van der Waals surface area contributed by atoms with Gasteiger partial charge in [-0.25, -0.2) is 0 Å². The van der Waals surface area contributed by atoms with Crippen LogP contribution < -0.4 is 10.1 Å². The van der Waals surface area contributed by atoms with E-state index in [2.05, 4.69) is 5.32 Å². The molecule has 7 heteroatoms. The SMILES string of the molecule is CC(Oc1cccc(Cl)c1)C(=O)Nc1ccccc1C(=O)N1CCOCC1. The Balaban J connectivity index is 1.69. The molecule has 2 aromatic rings. The number of para-hydroxylation sites is 1. The molecule has 1 N–H and O–H groups in total. The first kappa shape index (κ1) is 19.2. The number of anilines is 1. The van der Waals surface area contributed by atoms with Gasteiger partial charge < -0.3 is 19.7 Å². The Morgan fingerprint density at radius 1 is 1.15 bits per heavy atom. The maximum absolute atomic E-state index is 12.8. The highest BCUT2D eigenvalue weighted by Crippen LogP contribution is 2.21. The third-order valence-corrected chi connectivity index (χ3v) is 4.43. The molecule has 1 unspecified atom stereocenters. The Morgan fingerprint density at radius 3 is 2.63 bits per heavy atom. The lowest BCUT2D eigenvalue weighted by Gasteiger charge is -2.27. The predicted molar refractivity (Wildman–Crippen MR) is 103 cm³/mol. The first-order valence-electron chi connectivity index (χ1n) is 8.74. The summed E-state index contributed by atoms with van der Waals surface area (Å²) in [4.78, 5) is 27.0. The summed E-state index contributed by atoms with van der Waals surface area (Å²) in [6.07, 6.45) is -0.755. The summed E-state index contributed by atoms with van der Waals surface area (Å²) in [5.41, 5.74) is 0.906. The van der Waals surface area contributed by atoms with E-state index in [9.17, 15) is 9.59 Å². The van der Waals surface area contributed by atoms with E-state index >= 15 is 0 Å². The van der Waals surface area contributed by atoms with Crippen LogP contribution >= 0.6 is 11.6 Å². The molecule has 3 rings (SSSR count). The van der Waals surface area contributed by atoms with Gasteiger partial charge in [0.05, 0.1) is 24.5 Å². The molecule has 1 atom stereocenters. The lowest BCUT2D eigenvalue weighted by atomic mass is 10.1. The molecule has 27 heavy (non-hydrogen) atoms. The van der Waals surface area contributed by atoms with Gasteiger partial charge in [-0.05, 0) is 37.3 Å². The van der Waals surface area contributed by atoms with Crippen molar-refractivity contribution in [3.63, 3.8) is 0 Å². The molecule has 0 aromatic heterocycles. The Morgan fingerprint density at radius 2 is 1.89 bits per heavy atom. The van der Waals surface area contributed by atoms with E-state index in [0.29, 0.717) is 48.3 Å². The van der Waals surface area contributed by atoms with Crippen molar-refractivity contribution in [1.29, 1.82) is 0 Å². The number of carbonyl (C=O) groups is 2. The van der Waals surface area contributed by atoms with Crippen LogP contribution in [0.2, 0.25) is 5.02 Å². The fourth-order valence-electron chi connectivity index (χ4n) is 2.75. The highest BCUT2D eigenvalue weighted by atomic mass is 35.5. The average Bonchev–Trinajstić information content (AvgIpc) is 2.68. The van der Waals surface area contributed by atoms with E-state index in [0.717, 1.165) is 0 Å². The summed E-state index contributed by atoms with van der Waals surface area (Å²) >= 11 is 5.94. The number of hydrogen-bond donors (Lipinski definition) is 1. The number of amides is 2. The molecule has 1 aliphatic rings. The minimum absolute atomic E-state index is 0.127. The number of ether oxygens (including phenoxy) is 2. The molecular weight excluding hydrogens is 368 g/mol. The van der Waals surface area contributed by atoms with Crippen molar-refractivity contribution >= 4 is 29.1 Å². The van der Waals surface area contributed by atoms with E-state index in [1.165, 1.54) is 0 Å². The molecule has 1 aliphatic heterocycles. The van der Waals surface area contributed by atoms with Crippen molar-refractivity contribution < 1.29 is 19.1 Å². The van der Waals surface area contributed by atoms with Gasteiger partial charge >= 0.3 is 0 Å². The van der Waals surface area contributed by atoms with Crippen molar-refractivity contribution in [3.8, 4) is 5.75 Å². The van der Waals surface area contributed by atoms with Crippen LogP contribution in [0.5, 0.6) is 5.75 Å². The van der Waals surface area contributed by atoms with Gasteiger partial charge in [0.2, 0.25) is 0 Å². The van der Waals surface area contributed by atoms with Gasteiger partial charge in [0.1, 0.15) is 5.75 Å². The molecule has 0 saturated carbocycles. The number of morpholine rings is 1. The molecule has 1 heterocycles. The standard InChI is InChI=1S/C20H21ClN2O4/c1-14(27-16-6-4-5-15(21)13-16)19(24)22-18-8-3-2-7-17(18)20(25)23-9-11-26-12-10-23/h2-8,13-14H,9-12H2,1H3,(H,22,24). The zero-order valence-corrected chi connectivity index (χ0v) is 15.7. The number of nitrogens with one attached hydrogen (secondary N) is 1. The molecule has 0 spiro atoms. The highest BCUT2D eigenvalue weighted by molar-refractivity contribution is 6.30. The van der Waals surface area contributed by atoms with Crippen LogP contribution in [0.1, 0.15) is 17.3 Å². The lowest BCUT2D eigenvalue weighted by Crippen LogP contribution is -2.41. The number of rotatable bonds is 5. The van der Waals surface area contributed by atoms with E-state index in [1.54, 1.807) is 60.4 Å². The zero-order valence-electron chi connectivity index (χ0n) is 15.0. The van der Waals surface area contributed by atoms with Gasteiger partial charge in [0.25, 0.3) is 11.8 Å². The van der Waals surface area contributed by atoms with Gasteiger partial charge in [-0.1, -0.05) is 29.8 Å². The molecule has 0 aliphatic carbocycles. The zero-order chi connectivity index (χ0) is 19.2. The Hall–Kier alpha value is -2.57.